The Hall–Kier alpha value is -2.22. The average Bonchev–Trinajstić information content (AvgIpc) is 3.17. The summed E-state index contributed by atoms with van der Waals surface area (Å²) in [5.41, 5.74) is 0.906. The van der Waals surface area contributed by atoms with E-state index in [4.69, 9.17) is 11.6 Å². The molecule has 152 valence electrons. The number of thiophene rings is 1. The highest BCUT2D eigenvalue weighted by atomic mass is 35.5. The van der Waals surface area contributed by atoms with Crippen LogP contribution in [0, 0.1) is 5.92 Å². The minimum atomic E-state index is -0.941. The molecule has 29 heavy (non-hydrogen) atoms. The molecule has 0 amide bonds. The Bertz CT molecular complexity index is 1020. The molecule has 0 radical (unpaired) electrons. The lowest BCUT2D eigenvalue weighted by atomic mass is 9.95. The third-order valence-electron chi connectivity index (χ3n) is 5.24. The molecule has 0 spiro atoms. The average molecular weight is 431 g/mol. The SMILES string of the molecule is O=C(O)c1cccc2sc(-c3nc(NCCCC4CCCNC4)ncc3Cl)cc12. The Labute approximate surface area is 178 Å². The summed E-state index contributed by atoms with van der Waals surface area (Å²) in [6.45, 7) is 3.07. The maximum atomic E-state index is 11.5. The summed E-state index contributed by atoms with van der Waals surface area (Å²) in [4.78, 5) is 21.2. The van der Waals surface area contributed by atoms with Gasteiger partial charge in [-0.1, -0.05) is 17.7 Å². The van der Waals surface area contributed by atoms with Crippen LogP contribution in [0.4, 0.5) is 5.95 Å². The van der Waals surface area contributed by atoms with Gasteiger partial charge in [0.25, 0.3) is 0 Å². The minimum Gasteiger partial charge on any atom is -0.478 e. The van der Waals surface area contributed by atoms with Gasteiger partial charge in [-0.2, -0.15) is 0 Å². The molecule has 1 aliphatic rings. The lowest BCUT2D eigenvalue weighted by Crippen LogP contribution is -2.29. The summed E-state index contributed by atoms with van der Waals surface area (Å²) >= 11 is 7.83. The summed E-state index contributed by atoms with van der Waals surface area (Å²) in [7, 11) is 0. The number of piperidine rings is 1. The van der Waals surface area contributed by atoms with Gasteiger partial charge in [-0.3, -0.25) is 0 Å². The van der Waals surface area contributed by atoms with Gasteiger partial charge in [0.15, 0.2) is 0 Å². The van der Waals surface area contributed by atoms with Crippen LogP contribution in [0.5, 0.6) is 0 Å². The molecule has 1 atom stereocenters. The second-order valence-corrected chi connectivity index (χ2v) is 8.80. The number of halogens is 1. The summed E-state index contributed by atoms with van der Waals surface area (Å²) in [6.07, 6.45) is 6.42. The second-order valence-electron chi connectivity index (χ2n) is 7.30. The summed E-state index contributed by atoms with van der Waals surface area (Å²) in [6, 6.07) is 7.11. The smallest absolute Gasteiger partial charge is 0.336 e. The van der Waals surface area contributed by atoms with Crippen LogP contribution in [0.3, 0.4) is 0 Å². The van der Waals surface area contributed by atoms with Gasteiger partial charge >= 0.3 is 5.97 Å². The first-order valence-electron chi connectivity index (χ1n) is 9.85. The van der Waals surface area contributed by atoms with Gasteiger partial charge in [-0.15, -0.1) is 11.3 Å². The molecular weight excluding hydrogens is 408 g/mol. The molecule has 0 aliphatic carbocycles. The van der Waals surface area contributed by atoms with Crippen LogP contribution in [-0.2, 0) is 0 Å². The fourth-order valence-corrected chi connectivity index (χ4v) is 5.09. The standard InChI is InChI=1S/C21H23ClN4O2S/c22-16-12-25-21(24-9-3-5-13-4-2-8-23-11-13)26-19(16)18-10-15-14(20(27)28)6-1-7-17(15)29-18/h1,6-7,10,12-13,23H,2-5,8-9,11H2,(H,27,28)(H,24,25,26). The Morgan fingerprint density at radius 3 is 3.10 bits per heavy atom. The normalized spacial score (nSPS) is 16.8. The third-order valence-corrected chi connectivity index (χ3v) is 6.62. The van der Waals surface area contributed by atoms with E-state index in [9.17, 15) is 9.90 Å². The molecule has 6 nitrogen and oxygen atoms in total. The fourth-order valence-electron chi connectivity index (χ4n) is 3.75. The van der Waals surface area contributed by atoms with E-state index in [1.165, 1.54) is 30.6 Å². The molecule has 0 bridgehead atoms. The molecule has 1 unspecified atom stereocenters. The lowest BCUT2D eigenvalue weighted by molar-refractivity contribution is 0.0699. The number of benzene rings is 1. The summed E-state index contributed by atoms with van der Waals surface area (Å²) in [5.74, 6) is 0.362. The Morgan fingerprint density at radius 1 is 1.41 bits per heavy atom. The number of carboxylic acid groups (broad SMARTS) is 1. The van der Waals surface area contributed by atoms with Crippen LogP contribution in [0.2, 0.25) is 5.02 Å². The Balaban J connectivity index is 1.47. The van der Waals surface area contributed by atoms with Crippen molar-refractivity contribution in [2.45, 2.75) is 25.7 Å². The predicted octanol–water partition coefficient (Wildman–Crippen LogP) is 4.90. The number of carboxylic acids is 1. The topological polar surface area (TPSA) is 87.1 Å². The van der Waals surface area contributed by atoms with Crippen molar-refractivity contribution in [1.29, 1.82) is 0 Å². The molecule has 3 aromatic rings. The van der Waals surface area contributed by atoms with Crippen LogP contribution >= 0.6 is 22.9 Å². The molecule has 1 fully saturated rings. The van der Waals surface area contributed by atoms with Crippen molar-refractivity contribution < 1.29 is 9.90 Å². The first-order valence-corrected chi connectivity index (χ1v) is 11.0. The van der Waals surface area contributed by atoms with Crippen LogP contribution in [0.1, 0.15) is 36.0 Å². The monoisotopic (exact) mass is 430 g/mol. The molecule has 1 aromatic carbocycles. The first kappa shape index (κ1) is 20.1. The van der Waals surface area contributed by atoms with E-state index < -0.39 is 5.97 Å². The predicted molar refractivity (Wildman–Crippen MR) is 118 cm³/mol. The number of carbonyl (C=O) groups is 1. The van der Waals surface area contributed by atoms with Crippen LogP contribution in [0.25, 0.3) is 20.7 Å². The Kier molecular flexibility index (Phi) is 6.28. The van der Waals surface area contributed by atoms with E-state index in [-0.39, 0.29) is 5.56 Å². The van der Waals surface area contributed by atoms with Gasteiger partial charge in [0.2, 0.25) is 5.95 Å². The number of fused-ring (bicyclic) bond motifs is 1. The minimum absolute atomic E-state index is 0.283. The largest absolute Gasteiger partial charge is 0.478 e. The van der Waals surface area contributed by atoms with Crippen molar-refractivity contribution >= 4 is 44.9 Å². The highest BCUT2D eigenvalue weighted by Crippen LogP contribution is 2.37. The zero-order chi connectivity index (χ0) is 20.2. The van der Waals surface area contributed by atoms with Crippen molar-refractivity contribution in [2.24, 2.45) is 5.92 Å². The molecule has 4 rings (SSSR count). The maximum Gasteiger partial charge on any atom is 0.336 e. The van der Waals surface area contributed by atoms with Crippen molar-refractivity contribution in [3.8, 4) is 10.6 Å². The van der Waals surface area contributed by atoms with Crippen LogP contribution in [0.15, 0.2) is 30.5 Å². The molecule has 0 saturated carbocycles. The fraction of sp³-hybridized carbons (Fsp3) is 0.381. The molecule has 8 heteroatoms. The summed E-state index contributed by atoms with van der Waals surface area (Å²) in [5, 5.41) is 17.3. The number of aromatic carboxylic acids is 1. The van der Waals surface area contributed by atoms with Gasteiger partial charge in [0, 0.05) is 16.6 Å². The quantitative estimate of drug-likeness (QED) is 0.462. The molecule has 2 aromatic heterocycles. The van der Waals surface area contributed by atoms with Gasteiger partial charge in [-0.25, -0.2) is 14.8 Å². The Morgan fingerprint density at radius 2 is 2.31 bits per heavy atom. The highest BCUT2D eigenvalue weighted by molar-refractivity contribution is 7.22. The number of nitrogens with one attached hydrogen (secondary N) is 2. The van der Waals surface area contributed by atoms with Gasteiger partial charge < -0.3 is 15.7 Å². The molecule has 3 N–H and O–H groups in total. The van der Waals surface area contributed by atoms with Gasteiger partial charge in [0.1, 0.15) is 5.69 Å². The van der Waals surface area contributed by atoms with Crippen molar-refractivity contribution in [3.63, 3.8) is 0 Å². The van der Waals surface area contributed by atoms with E-state index in [1.807, 2.05) is 12.1 Å². The second kappa shape index (κ2) is 9.07. The number of hydrogen-bond acceptors (Lipinski definition) is 6. The van der Waals surface area contributed by atoms with E-state index in [0.29, 0.717) is 22.1 Å². The summed E-state index contributed by atoms with van der Waals surface area (Å²) < 4.78 is 0.894. The van der Waals surface area contributed by atoms with E-state index >= 15 is 0 Å². The number of hydrogen-bond donors (Lipinski definition) is 3. The number of rotatable bonds is 7. The van der Waals surface area contributed by atoms with Gasteiger partial charge in [-0.05, 0) is 62.9 Å². The number of nitrogens with zero attached hydrogens (tertiary/aromatic N) is 2. The van der Waals surface area contributed by atoms with Crippen LogP contribution < -0.4 is 10.6 Å². The number of aromatic nitrogens is 2. The lowest BCUT2D eigenvalue weighted by Gasteiger charge is -2.22. The van der Waals surface area contributed by atoms with Crippen LogP contribution in [-0.4, -0.2) is 40.7 Å². The molecular formula is C21H23ClN4O2S. The zero-order valence-corrected chi connectivity index (χ0v) is 17.5. The molecule has 3 heterocycles. The zero-order valence-electron chi connectivity index (χ0n) is 15.9. The van der Waals surface area contributed by atoms with Crippen molar-refractivity contribution in [2.75, 3.05) is 25.0 Å². The van der Waals surface area contributed by atoms with E-state index in [2.05, 4.69) is 20.6 Å². The molecule has 1 saturated heterocycles. The van der Waals surface area contributed by atoms with E-state index in [0.717, 1.165) is 41.6 Å². The van der Waals surface area contributed by atoms with Crippen molar-refractivity contribution in [3.05, 3.63) is 41.0 Å². The van der Waals surface area contributed by atoms with E-state index in [1.54, 1.807) is 18.3 Å². The molecule has 1 aliphatic heterocycles. The van der Waals surface area contributed by atoms with Gasteiger partial charge in [0.05, 0.1) is 21.7 Å². The third kappa shape index (κ3) is 4.69. The maximum absolute atomic E-state index is 11.5. The van der Waals surface area contributed by atoms with Crippen molar-refractivity contribution in [1.82, 2.24) is 15.3 Å². The highest BCUT2D eigenvalue weighted by Gasteiger charge is 2.16. The number of anilines is 1. The first-order chi connectivity index (χ1) is 14.1.